The van der Waals surface area contributed by atoms with Crippen LogP contribution in [0.2, 0.25) is 5.02 Å². The van der Waals surface area contributed by atoms with Gasteiger partial charge in [0, 0.05) is 5.41 Å². The van der Waals surface area contributed by atoms with E-state index in [2.05, 4.69) is 17.0 Å². The van der Waals surface area contributed by atoms with Crippen LogP contribution in [0.3, 0.4) is 0 Å². The number of benzene rings is 4. The van der Waals surface area contributed by atoms with E-state index in [0.29, 0.717) is 18.8 Å². The van der Waals surface area contributed by atoms with Gasteiger partial charge in [0.2, 0.25) is 25.8 Å². The van der Waals surface area contributed by atoms with Crippen LogP contribution in [0.1, 0.15) is 135 Å². The van der Waals surface area contributed by atoms with Crippen molar-refractivity contribution in [2.45, 2.75) is 140 Å². The number of sulfonamides is 1. The zero-order chi connectivity index (χ0) is 43.6. The van der Waals surface area contributed by atoms with Gasteiger partial charge in [-0.1, -0.05) is 165 Å². The number of hydrogen-bond acceptors (Lipinski definition) is 7. The normalized spacial score (nSPS) is 12.5. The molecule has 0 heterocycles. The van der Waals surface area contributed by atoms with Crippen molar-refractivity contribution < 1.29 is 31.2 Å². The van der Waals surface area contributed by atoms with Gasteiger partial charge in [-0.2, -0.15) is 0 Å². The number of nitrogens with one attached hydrogen (secondary N) is 2. The Bertz CT molecular complexity index is 2170. The monoisotopic (exact) mass is 878 g/mol. The Hall–Kier alpha value is -4.19. The van der Waals surface area contributed by atoms with Gasteiger partial charge in [0.05, 0.1) is 31.9 Å². The molecule has 1 atom stereocenters. The Morgan fingerprint density at radius 2 is 1.18 bits per heavy atom. The number of amides is 1. The molecule has 60 heavy (non-hydrogen) atoms. The number of ether oxygens (including phenoxy) is 1. The predicted molar refractivity (Wildman–Crippen MR) is 244 cm³/mol. The minimum atomic E-state index is -3.94. The molecule has 1 unspecified atom stereocenters. The number of halogens is 1. The summed E-state index contributed by atoms with van der Waals surface area (Å²) in [7, 11) is -7.61. The summed E-state index contributed by atoms with van der Waals surface area (Å²) >= 11 is 6.47. The molecule has 0 bridgehead atoms. The number of ketones is 1. The Morgan fingerprint density at radius 3 is 1.72 bits per heavy atom. The minimum absolute atomic E-state index is 0.0105. The Kier molecular flexibility index (Phi) is 19.2. The molecule has 0 aliphatic heterocycles. The molecule has 0 saturated carbocycles. The van der Waals surface area contributed by atoms with Gasteiger partial charge in [0.25, 0.3) is 0 Å². The molecule has 326 valence electrons. The summed E-state index contributed by atoms with van der Waals surface area (Å²) in [5.74, 6) is -1.92. The molecule has 0 spiro atoms. The van der Waals surface area contributed by atoms with E-state index in [1.807, 2.05) is 30.3 Å². The minimum Gasteiger partial charge on any atom is -0.489 e. The fourth-order valence-electron chi connectivity index (χ4n) is 6.89. The van der Waals surface area contributed by atoms with Crippen LogP contribution in [0.15, 0.2) is 107 Å². The fourth-order valence-corrected chi connectivity index (χ4v) is 9.49. The quantitative estimate of drug-likeness (QED) is 0.0473. The molecular weight excluding hydrogens is 816 g/mol. The summed E-state index contributed by atoms with van der Waals surface area (Å²) < 4.78 is 61.5. The molecule has 0 aliphatic carbocycles. The fraction of sp³-hybridized carbons (Fsp3) is 0.458. The van der Waals surface area contributed by atoms with Crippen molar-refractivity contribution >= 4 is 54.5 Å². The summed E-state index contributed by atoms with van der Waals surface area (Å²) in [6, 6.07) is 25.9. The largest absolute Gasteiger partial charge is 0.489 e. The SMILES string of the molecule is CCCCCCCCCCCCCCCCS(=O)(=O)Nc1ccc(Cl)c(NC(=O)C(C(=O)C(C)(C)C)c2ccc(S(=O)(=O)c3ccc(OCc4ccccc4)cc3)cc2)c1. The molecule has 9 nitrogen and oxygen atoms in total. The number of carbonyl (C=O) groups is 2. The molecule has 4 aromatic carbocycles. The summed E-state index contributed by atoms with van der Waals surface area (Å²) in [5, 5.41) is 2.88. The highest BCUT2D eigenvalue weighted by Gasteiger charge is 2.36. The first-order valence-corrected chi connectivity index (χ1v) is 24.9. The first kappa shape index (κ1) is 48.5. The summed E-state index contributed by atoms with van der Waals surface area (Å²) in [6.45, 7) is 7.67. The van der Waals surface area contributed by atoms with Crippen LogP contribution in [0, 0.1) is 5.41 Å². The van der Waals surface area contributed by atoms with Crippen LogP contribution in [-0.4, -0.2) is 34.3 Å². The van der Waals surface area contributed by atoms with Gasteiger partial charge in [-0.15, -0.1) is 0 Å². The van der Waals surface area contributed by atoms with Crippen molar-refractivity contribution in [1.82, 2.24) is 0 Å². The maximum Gasteiger partial charge on any atom is 0.239 e. The van der Waals surface area contributed by atoms with E-state index in [9.17, 15) is 26.4 Å². The predicted octanol–water partition coefficient (Wildman–Crippen LogP) is 12.3. The van der Waals surface area contributed by atoms with E-state index in [0.717, 1.165) is 24.8 Å². The van der Waals surface area contributed by atoms with Crippen LogP contribution < -0.4 is 14.8 Å². The van der Waals surface area contributed by atoms with Crippen LogP contribution >= 0.6 is 11.6 Å². The van der Waals surface area contributed by atoms with Gasteiger partial charge in [0.15, 0.2) is 5.78 Å². The van der Waals surface area contributed by atoms with E-state index < -0.39 is 42.9 Å². The first-order valence-electron chi connectivity index (χ1n) is 21.4. The van der Waals surface area contributed by atoms with Crippen molar-refractivity contribution in [1.29, 1.82) is 0 Å². The molecule has 4 aromatic rings. The molecule has 0 radical (unpaired) electrons. The van der Waals surface area contributed by atoms with Crippen molar-refractivity contribution in [3.63, 3.8) is 0 Å². The third-order valence-electron chi connectivity index (χ3n) is 10.4. The van der Waals surface area contributed by atoms with E-state index in [1.165, 1.54) is 119 Å². The third kappa shape index (κ3) is 15.7. The van der Waals surface area contributed by atoms with E-state index in [-0.39, 0.29) is 37.5 Å². The lowest BCUT2D eigenvalue weighted by atomic mass is 9.79. The molecule has 4 rings (SSSR count). The van der Waals surface area contributed by atoms with Gasteiger partial charge in [-0.25, -0.2) is 16.8 Å². The number of rotatable bonds is 26. The molecule has 0 saturated heterocycles. The van der Waals surface area contributed by atoms with Crippen molar-refractivity contribution in [2.24, 2.45) is 5.41 Å². The highest BCUT2D eigenvalue weighted by molar-refractivity contribution is 7.92. The number of Topliss-reactive ketones (excluding diaryl/α,β-unsaturated/α-hetero) is 1. The highest BCUT2D eigenvalue weighted by atomic mass is 35.5. The Morgan fingerprint density at radius 1 is 0.667 bits per heavy atom. The van der Waals surface area contributed by atoms with E-state index >= 15 is 0 Å². The van der Waals surface area contributed by atoms with Gasteiger partial charge < -0.3 is 10.1 Å². The standard InChI is InChI=1S/C48H63ClN2O7S2/c1-5-6-7-8-9-10-11-12-13-14-15-16-17-21-34-59(54,55)51-39-26-33-43(49)44(35-39)50-47(53)45(46(52)48(2,3)4)38-24-29-41(30-25-38)60(56,57)42-31-27-40(28-32-42)58-36-37-22-19-18-20-23-37/h18-20,22-33,35,45,51H,5-17,21,34,36H2,1-4H3,(H,50,53). The van der Waals surface area contributed by atoms with Crippen LogP contribution in [-0.2, 0) is 36.1 Å². The second kappa shape index (κ2) is 23.7. The van der Waals surface area contributed by atoms with E-state index in [4.69, 9.17) is 16.3 Å². The zero-order valence-corrected chi connectivity index (χ0v) is 38.1. The number of sulfone groups is 1. The first-order chi connectivity index (χ1) is 28.6. The Labute approximate surface area is 364 Å². The van der Waals surface area contributed by atoms with E-state index in [1.54, 1.807) is 32.9 Å². The van der Waals surface area contributed by atoms with Crippen molar-refractivity contribution in [3.05, 3.63) is 113 Å². The van der Waals surface area contributed by atoms with Gasteiger partial charge >= 0.3 is 0 Å². The number of carbonyl (C=O) groups excluding carboxylic acids is 2. The van der Waals surface area contributed by atoms with Crippen molar-refractivity contribution in [3.8, 4) is 5.75 Å². The highest BCUT2D eigenvalue weighted by Crippen LogP contribution is 2.33. The maximum absolute atomic E-state index is 13.9. The number of hydrogen-bond donors (Lipinski definition) is 2. The van der Waals surface area contributed by atoms with Gasteiger partial charge in [-0.05, 0) is 72.1 Å². The van der Waals surface area contributed by atoms with Crippen molar-refractivity contribution in [2.75, 3.05) is 15.8 Å². The molecule has 2 N–H and O–H groups in total. The summed E-state index contributed by atoms with van der Waals surface area (Å²) in [5.41, 5.74) is 0.684. The molecule has 0 aliphatic rings. The smallest absolute Gasteiger partial charge is 0.239 e. The van der Waals surface area contributed by atoms with Crippen LogP contribution in [0.25, 0.3) is 0 Å². The lowest BCUT2D eigenvalue weighted by molar-refractivity contribution is -0.132. The maximum atomic E-state index is 13.9. The van der Waals surface area contributed by atoms with Crippen LogP contribution in [0.5, 0.6) is 5.75 Å². The average molecular weight is 880 g/mol. The molecule has 1 amide bonds. The second-order valence-corrected chi connectivity index (χ2v) is 20.8. The third-order valence-corrected chi connectivity index (χ3v) is 13.9. The van der Waals surface area contributed by atoms with Crippen LogP contribution in [0.4, 0.5) is 11.4 Å². The Balaban J connectivity index is 1.33. The topological polar surface area (TPSA) is 136 Å². The van der Waals surface area contributed by atoms with Gasteiger partial charge in [-0.3, -0.25) is 14.3 Å². The average Bonchev–Trinajstić information content (AvgIpc) is 3.21. The molecule has 12 heteroatoms. The second-order valence-electron chi connectivity index (χ2n) is 16.6. The molecule has 0 aromatic heterocycles. The molecular formula is C48H63ClN2O7S2. The number of anilines is 2. The summed E-state index contributed by atoms with van der Waals surface area (Å²) in [6.07, 6.45) is 16.4. The van der Waals surface area contributed by atoms with Gasteiger partial charge in [0.1, 0.15) is 18.3 Å². The lowest BCUT2D eigenvalue weighted by Crippen LogP contribution is -2.35. The molecule has 0 fully saturated rings. The number of unbranched alkanes of at least 4 members (excludes halogenated alkanes) is 13. The lowest BCUT2D eigenvalue weighted by Gasteiger charge is -2.25. The zero-order valence-electron chi connectivity index (χ0n) is 35.7. The summed E-state index contributed by atoms with van der Waals surface area (Å²) in [4.78, 5) is 27.8.